The average Bonchev–Trinajstić information content (AvgIpc) is 2.47. The Morgan fingerprint density at radius 1 is 1.58 bits per heavy atom. The van der Waals surface area contributed by atoms with Crippen molar-refractivity contribution in [1.82, 2.24) is 0 Å². The second kappa shape index (κ2) is 3.17. The van der Waals surface area contributed by atoms with Crippen LogP contribution in [0.2, 0.25) is 0 Å². The minimum atomic E-state index is 0.661. The average molecular weight is 168 g/mol. The lowest BCUT2D eigenvalue weighted by molar-refractivity contribution is -0.712. The fraction of sp³-hybridized carbons (Fsp3) is 0.667. The number of fused-ring (bicyclic) bond motifs is 1. The first-order valence-electron chi connectivity index (χ1n) is 4.55. The number of nitrogens with zero attached hydrogens (tertiary/aromatic N) is 1. The molecule has 0 aliphatic carbocycles. The summed E-state index contributed by atoms with van der Waals surface area (Å²) in [7, 11) is 0. The van der Waals surface area contributed by atoms with Gasteiger partial charge in [0.1, 0.15) is 0 Å². The van der Waals surface area contributed by atoms with Gasteiger partial charge in [-0.25, -0.2) is 0 Å². The van der Waals surface area contributed by atoms with E-state index in [1.54, 1.807) is 0 Å². The zero-order chi connectivity index (χ0) is 8.39. The molecule has 66 valence electrons. The third-order valence-corrected chi connectivity index (χ3v) is 2.13. The SMILES string of the molecule is CCOc1c[n+]2c(o1)CCCC2. The molecule has 0 atom stereocenters. The molecule has 0 fully saturated rings. The van der Waals surface area contributed by atoms with Crippen molar-refractivity contribution in [1.29, 1.82) is 0 Å². The molecule has 0 N–H and O–H groups in total. The zero-order valence-corrected chi connectivity index (χ0v) is 7.38. The second-order valence-corrected chi connectivity index (χ2v) is 3.03. The van der Waals surface area contributed by atoms with Crippen molar-refractivity contribution in [3.8, 4) is 5.95 Å². The third-order valence-electron chi connectivity index (χ3n) is 2.13. The fourth-order valence-corrected chi connectivity index (χ4v) is 1.55. The van der Waals surface area contributed by atoms with Crippen LogP contribution in [0.25, 0.3) is 0 Å². The van der Waals surface area contributed by atoms with E-state index in [2.05, 4.69) is 4.57 Å². The molecule has 1 aliphatic rings. The van der Waals surface area contributed by atoms with Crippen LogP contribution in [0.1, 0.15) is 25.7 Å². The maximum atomic E-state index is 5.49. The van der Waals surface area contributed by atoms with E-state index in [1.165, 1.54) is 12.8 Å². The summed E-state index contributed by atoms with van der Waals surface area (Å²) < 4.78 is 12.9. The molecular weight excluding hydrogens is 154 g/mol. The Morgan fingerprint density at radius 3 is 3.25 bits per heavy atom. The molecule has 1 aromatic heterocycles. The second-order valence-electron chi connectivity index (χ2n) is 3.03. The van der Waals surface area contributed by atoms with Crippen LogP contribution in [0.3, 0.4) is 0 Å². The first-order valence-corrected chi connectivity index (χ1v) is 4.55. The van der Waals surface area contributed by atoms with Gasteiger partial charge in [0.15, 0.2) is 6.54 Å². The van der Waals surface area contributed by atoms with Gasteiger partial charge in [0.25, 0.3) is 6.20 Å². The summed E-state index contributed by atoms with van der Waals surface area (Å²) in [5.41, 5.74) is 0. The molecule has 1 aliphatic heterocycles. The van der Waals surface area contributed by atoms with Gasteiger partial charge in [0.05, 0.1) is 13.0 Å². The Kier molecular flexibility index (Phi) is 2.02. The molecule has 2 rings (SSSR count). The van der Waals surface area contributed by atoms with Crippen LogP contribution in [-0.2, 0) is 13.0 Å². The number of ether oxygens (including phenoxy) is 1. The van der Waals surface area contributed by atoms with Gasteiger partial charge in [-0.2, -0.15) is 4.57 Å². The lowest BCUT2D eigenvalue weighted by Gasteiger charge is -2.00. The van der Waals surface area contributed by atoms with E-state index in [-0.39, 0.29) is 0 Å². The van der Waals surface area contributed by atoms with Crippen molar-refractivity contribution in [2.45, 2.75) is 32.7 Å². The normalized spacial score (nSPS) is 15.8. The van der Waals surface area contributed by atoms with Crippen LogP contribution >= 0.6 is 0 Å². The van der Waals surface area contributed by atoms with Crippen LogP contribution in [-0.4, -0.2) is 6.61 Å². The Balaban J connectivity index is 2.20. The highest BCUT2D eigenvalue weighted by Crippen LogP contribution is 2.16. The maximum absolute atomic E-state index is 5.49. The van der Waals surface area contributed by atoms with Crippen LogP contribution in [0, 0.1) is 0 Å². The molecule has 0 spiro atoms. The van der Waals surface area contributed by atoms with Crippen LogP contribution < -0.4 is 9.30 Å². The number of hydrogen-bond acceptors (Lipinski definition) is 2. The van der Waals surface area contributed by atoms with Crippen LogP contribution in [0.5, 0.6) is 5.95 Å². The van der Waals surface area contributed by atoms with Crippen molar-refractivity contribution in [3.05, 3.63) is 12.1 Å². The van der Waals surface area contributed by atoms with Gasteiger partial charge in [0.2, 0.25) is 0 Å². The Hall–Kier alpha value is -0.990. The van der Waals surface area contributed by atoms with Crippen molar-refractivity contribution in [2.75, 3.05) is 6.61 Å². The number of hydrogen-bond donors (Lipinski definition) is 0. The summed E-state index contributed by atoms with van der Waals surface area (Å²) in [6.07, 6.45) is 5.49. The molecule has 2 heterocycles. The van der Waals surface area contributed by atoms with Crippen molar-refractivity contribution < 1.29 is 13.7 Å². The van der Waals surface area contributed by atoms with Crippen LogP contribution in [0.15, 0.2) is 10.6 Å². The van der Waals surface area contributed by atoms with Gasteiger partial charge < -0.3 is 9.15 Å². The molecule has 3 heteroatoms. The molecule has 3 nitrogen and oxygen atoms in total. The topological polar surface area (TPSA) is 26.2 Å². The maximum Gasteiger partial charge on any atom is 0.356 e. The lowest BCUT2D eigenvalue weighted by Crippen LogP contribution is -2.38. The van der Waals surface area contributed by atoms with E-state index >= 15 is 0 Å². The first-order chi connectivity index (χ1) is 5.90. The smallest absolute Gasteiger partial charge is 0.356 e. The molecule has 0 aromatic carbocycles. The monoisotopic (exact) mass is 168 g/mol. The highest BCUT2D eigenvalue weighted by atomic mass is 16.6. The number of aryl methyl sites for hydroxylation is 2. The van der Waals surface area contributed by atoms with Crippen molar-refractivity contribution >= 4 is 0 Å². The minimum Gasteiger partial charge on any atom is -0.461 e. The van der Waals surface area contributed by atoms with E-state index in [0.29, 0.717) is 12.6 Å². The highest BCUT2D eigenvalue weighted by Gasteiger charge is 2.23. The van der Waals surface area contributed by atoms with Crippen molar-refractivity contribution in [2.24, 2.45) is 0 Å². The number of oxazole rings is 1. The van der Waals surface area contributed by atoms with Gasteiger partial charge in [-0.05, 0) is 13.3 Å². The van der Waals surface area contributed by atoms with Gasteiger partial charge in [-0.1, -0.05) is 0 Å². The number of rotatable bonds is 2. The molecule has 0 unspecified atom stereocenters. The largest absolute Gasteiger partial charge is 0.461 e. The predicted octanol–water partition coefficient (Wildman–Crippen LogP) is 1.30. The van der Waals surface area contributed by atoms with Gasteiger partial charge in [0, 0.05) is 6.42 Å². The zero-order valence-electron chi connectivity index (χ0n) is 7.38. The molecule has 12 heavy (non-hydrogen) atoms. The Morgan fingerprint density at radius 2 is 2.50 bits per heavy atom. The fourth-order valence-electron chi connectivity index (χ4n) is 1.55. The summed E-state index contributed by atoms with van der Waals surface area (Å²) in [5, 5.41) is 0. The predicted molar refractivity (Wildman–Crippen MR) is 43.0 cm³/mol. The van der Waals surface area contributed by atoms with E-state index in [9.17, 15) is 0 Å². The lowest BCUT2D eigenvalue weighted by atomic mass is 10.2. The van der Waals surface area contributed by atoms with E-state index in [0.717, 1.165) is 18.9 Å². The molecule has 1 aromatic rings. The quantitative estimate of drug-likeness (QED) is 0.622. The van der Waals surface area contributed by atoms with E-state index < -0.39 is 0 Å². The summed E-state index contributed by atoms with van der Waals surface area (Å²) in [6.45, 7) is 3.71. The Labute approximate surface area is 72.0 Å². The molecule has 0 saturated carbocycles. The Bertz CT molecular complexity index is 244. The third kappa shape index (κ3) is 1.31. The molecule has 0 bridgehead atoms. The minimum absolute atomic E-state index is 0.661. The van der Waals surface area contributed by atoms with Crippen molar-refractivity contribution in [3.63, 3.8) is 0 Å². The summed E-state index contributed by atoms with van der Waals surface area (Å²) in [6, 6.07) is 0. The molecular formula is C9H14NO2+. The van der Waals surface area contributed by atoms with Crippen LogP contribution in [0.4, 0.5) is 0 Å². The molecule has 0 amide bonds. The summed E-state index contributed by atoms with van der Waals surface area (Å²) in [4.78, 5) is 0. The van der Waals surface area contributed by atoms with E-state index in [4.69, 9.17) is 9.15 Å². The summed E-state index contributed by atoms with van der Waals surface area (Å²) in [5.74, 6) is 1.72. The summed E-state index contributed by atoms with van der Waals surface area (Å²) >= 11 is 0. The standard InChI is InChI=1S/C9H14NO2/c1-2-11-9-7-10-6-4-3-5-8(10)12-9/h7H,2-6H2,1H3/q+1. The van der Waals surface area contributed by atoms with E-state index in [1.807, 2.05) is 13.1 Å². The van der Waals surface area contributed by atoms with Gasteiger partial charge >= 0.3 is 11.8 Å². The molecule has 0 radical (unpaired) electrons. The first kappa shape index (κ1) is 7.65. The molecule has 0 saturated heterocycles. The highest BCUT2D eigenvalue weighted by molar-refractivity contribution is 4.94. The van der Waals surface area contributed by atoms with Gasteiger partial charge in [-0.15, -0.1) is 0 Å². The van der Waals surface area contributed by atoms with Gasteiger partial charge in [-0.3, -0.25) is 0 Å². The number of aromatic nitrogens is 1.